The predicted octanol–water partition coefficient (Wildman–Crippen LogP) is 2.85. The standard InChI is InChI=1S/C16H19N3OS/c1-21-11-12-4-3-9-19(10-12)16(20)13-5-2-6-14-15(13)18-8-7-17-14/h2,5-8,12H,3-4,9-11H2,1H3/t12-/m1/s1. The number of carbonyl (C=O) groups is 1. The molecule has 0 radical (unpaired) electrons. The minimum atomic E-state index is 0.0897. The Labute approximate surface area is 129 Å². The normalized spacial score (nSPS) is 18.9. The molecule has 4 nitrogen and oxygen atoms in total. The monoisotopic (exact) mass is 301 g/mol. The molecule has 0 N–H and O–H groups in total. The quantitative estimate of drug-likeness (QED) is 0.874. The summed E-state index contributed by atoms with van der Waals surface area (Å²) >= 11 is 1.86. The number of benzene rings is 1. The summed E-state index contributed by atoms with van der Waals surface area (Å²) in [5.74, 6) is 1.82. The highest BCUT2D eigenvalue weighted by Gasteiger charge is 2.25. The van der Waals surface area contributed by atoms with E-state index in [0.717, 1.165) is 30.8 Å². The SMILES string of the molecule is CSC[C@@H]1CCCN(C(=O)c2cccc3nccnc23)C1. The van der Waals surface area contributed by atoms with Crippen LogP contribution in [0, 0.1) is 5.92 Å². The number of para-hydroxylation sites is 1. The molecule has 0 bridgehead atoms. The Bertz CT molecular complexity index is 639. The first-order valence-electron chi connectivity index (χ1n) is 7.27. The molecule has 0 aliphatic carbocycles. The fourth-order valence-corrected chi connectivity index (χ4v) is 3.70. The number of fused-ring (bicyclic) bond motifs is 1. The third kappa shape index (κ3) is 3.02. The highest BCUT2D eigenvalue weighted by Crippen LogP contribution is 2.23. The molecule has 1 aliphatic heterocycles. The van der Waals surface area contributed by atoms with Crippen LogP contribution in [0.25, 0.3) is 11.0 Å². The van der Waals surface area contributed by atoms with E-state index in [0.29, 0.717) is 17.0 Å². The lowest BCUT2D eigenvalue weighted by Crippen LogP contribution is -2.40. The fourth-order valence-electron chi connectivity index (χ4n) is 2.96. The van der Waals surface area contributed by atoms with Crippen LogP contribution in [0.2, 0.25) is 0 Å². The van der Waals surface area contributed by atoms with Gasteiger partial charge in [0, 0.05) is 25.5 Å². The molecule has 1 fully saturated rings. The van der Waals surface area contributed by atoms with E-state index in [4.69, 9.17) is 0 Å². The number of hydrogen-bond acceptors (Lipinski definition) is 4. The minimum absolute atomic E-state index is 0.0897. The molecule has 1 atom stereocenters. The van der Waals surface area contributed by atoms with Gasteiger partial charge in [-0.25, -0.2) is 0 Å². The Morgan fingerprint density at radius 1 is 1.38 bits per heavy atom. The van der Waals surface area contributed by atoms with Gasteiger partial charge in [0.15, 0.2) is 0 Å². The van der Waals surface area contributed by atoms with Crippen molar-refractivity contribution < 1.29 is 4.79 Å². The van der Waals surface area contributed by atoms with Gasteiger partial charge in [-0.3, -0.25) is 14.8 Å². The van der Waals surface area contributed by atoms with Crippen molar-refractivity contribution in [3.63, 3.8) is 0 Å². The zero-order chi connectivity index (χ0) is 14.7. The molecule has 1 aromatic heterocycles. The second-order valence-electron chi connectivity index (χ2n) is 5.44. The van der Waals surface area contributed by atoms with Crippen LogP contribution >= 0.6 is 11.8 Å². The van der Waals surface area contributed by atoms with Gasteiger partial charge in [-0.1, -0.05) is 6.07 Å². The second kappa shape index (κ2) is 6.43. The van der Waals surface area contributed by atoms with E-state index in [1.165, 1.54) is 6.42 Å². The van der Waals surface area contributed by atoms with Crippen LogP contribution in [-0.2, 0) is 0 Å². The van der Waals surface area contributed by atoms with Gasteiger partial charge < -0.3 is 4.90 Å². The summed E-state index contributed by atoms with van der Waals surface area (Å²) < 4.78 is 0. The maximum atomic E-state index is 12.8. The van der Waals surface area contributed by atoms with Crippen molar-refractivity contribution in [1.29, 1.82) is 0 Å². The molecule has 2 heterocycles. The molecule has 0 saturated carbocycles. The predicted molar refractivity (Wildman–Crippen MR) is 86.5 cm³/mol. The van der Waals surface area contributed by atoms with Crippen LogP contribution in [0.5, 0.6) is 0 Å². The highest BCUT2D eigenvalue weighted by molar-refractivity contribution is 7.98. The van der Waals surface area contributed by atoms with Crippen LogP contribution in [0.4, 0.5) is 0 Å². The van der Waals surface area contributed by atoms with Gasteiger partial charge in [-0.05, 0) is 42.9 Å². The van der Waals surface area contributed by atoms with Gasteiger partial charge in [0.2, 0.25) is 0 Å². The minimum Gasteiger partial charge on any atom is -0.338 e. The second-order valence-corrected chi connectivity index (χ2v) is 6.36. The maximum absolute atomic E-state index is 12.8. The molecule has 3 rings (SSSR count). The molecule has 1 saturated heterocycles. The summed E-state index contributed by atoms with van der Waals surface area (Å²) in [5, 5.41) is 0. The molecule has 1 aromatic carbocycles. The number of nitrogens with zero attached hydrogens (tertiary/aromatic N) is 3. The summed E-state index contributed by atoms with van der Waals surface area (Å²) in [7, 11) is 0. The van der Waals surface area contributed by atoms with Gasteiger partial charge in [-0.2, -0.15) is 11.8 Å². The van der Waals surface area contributed by atoms with Gasteiger partial charge in [-0.15, -0.1) is 0 Å². The van der Waals surface area contributed by atoms with Crippen LogP contribution in [0.3, 0.4) is 0 Å². The smallest absolute Gasteiger partial charge is 0.256 e. The van der Waals surface area contributed by atoms with E-state index in [-0.39, 0.29) is 5.91 Å². The molecule has 1 aliphatic rings. The zero-order valence-corrected chi connectivity index (χ0v) is 13.0. The highest BCUT2D eigenvalue weighted by atomic mass is 32.2. The lowest BCUT2D eigenvalue weighted by Gasteiger charge is -2.32. The summed E-state index contributed by atoms with van der Waals surface area (Å²) in [6.45, 7) is 1.71. The molecule has 21 heavy (non-hydrogen) atoms. The molecule has 1 amide bonds. The molecular formula is C16H19N3OS. The molecular weight excluding hydrogens is 282 g/mol. The van der Waals surface area contributed by atoms with Crippen molar-refractivity contribution in [3.05, 3.63) is 36.2 Å². The van der Waals surface area contributed by atoms with Crippen LogP contribution < -0.4 is 0 Å². The number of aromatic nitrogens is 2. The van der Waals surface area contributed by atoms with E-state index >= 15 is 0 Å². The van der Waals surface area contributed by atoms with Crippen molar-refractivity contribution in [3.8, 4) is 0 Å². The largest absolute Gasteiger partial charge is 0.338 e. The van der Waals surface area contributed by atoms with Crippen LogP contribution in [0.1, 0.15) is 23.2 Å². The number of hydrogen-bond donors (Lipinski definition) is 0. The van der Waals surface area contributed by atoms with Crippen molar-refractivity contribution in [1.82, 2.24) is 14.9 Å². The average molecular weight is 301 g/mol. The molecule has 2 aromatic rings. The number of thioether (sulfide) groups is 1. The Hall–Kier alpha value is -1.62. The number of amides is 1. The number of piperidine rings is 1. The number of carbonyl (C=O) groups excluding carboxylic acids is 1. The first kappa shape index (κ1) is 14.3. The van der Waals surface area contributed by atoms with Crippen LogP contribution in [-0.4, -0.2) is 45.9 Å². The first-order valence-corrected chi connectivity index (χ1v) is 8.67. The lowest BCUT2D eigenvalue weighted by atomic mass is 9.99. The van der Waals surface area contributed by atoms with Gasteiger partial charge in [0.25, 0.3) is 5.91 Å². The van der Waals surface area contributed by atoms with Gasteiger partial charge >= 0.3 is 0 Å². The topological polar surface area (TPSA) is 46.1 Å². The van der Waals surface area contributed by atoms with E-state index in [1.807, 2.05) is 34.9 Å². The number of likely N-dealkylation sites (tertiary alicyclic amines) is 1. The zero-order valence-electron chi connectivity index (χ0n) is 12.2. The maximum Gasteiger partial charge on any atom is 0.256 e. The summed E-state index contributed by atoms with van der Waals surface area (Å²) in [5.41, 5.74) is 2.16. The molecule has 5 heteroatoms. The number of rotatable bonds is 3. The summed E-state index contributed by atoms with van der Waals surface area (Å²) in [4.78, 5) is 23.4. The Morgan fingerprint density at radius 3 is 3.10 bits per heavy atom. The summed E-state index contributed by atoms with van der Waals surface area (Å²) in [6.07, 6.45) is 7.74. The third-order valence-corrected chi connectivity index (χ3v) is 4.74. The summed E-state index contributed by atoms with van der Waals surface area (Å²) in [6, 6.07) is 5.64. The van der Waals surface area contributed by atoms with E-state index in [1.54, 1.807) is 12.4 Å². The Morgan fingerprint density at radius 2 is 2.24 bits per heavy atom. The molecule has 110 valence electrons. The average Bonchev–Trinajstić information content (AvgIpc) is 2.54. The molecule has 0 unspecified atom stereocenters. The van der Waals surface area contributed by atoms with Crippen molar-refractivity contribution in [2.24, 2.45) is 5.92 Å². The van der Waals surface area contributed by atoms with E-state index < -0.39 is 0 Å². The molecule has 0 spiro atoms. The Balaban J connectivity index is 1.86. The van der Waals surface area contributed by atoms with E-state index in [2.05, 4.69) is 16.2 Å². The van der Waals surface area contributed by atoms with Crippen molar-refractivity contribution in [2.75, 3.05) is 25.1 Å². The lowest BCUT2D eigenvalue weighted by molar-refractivity contribution is 0.0687. The van der Waals surface area contributed by atoms with Crippen molar-refractivity contribution >= 4 is 28.7 Å². The van der Waals surface area contributed by atoms with Crippen molar-refractivity contribution in [2.45, 2.75) is 12.8 Å². The van der Waals surface area contributed by atoms with Gasteiger partial charge in [0.05, 0.1) is 11.1 Å². The van der Waals surface area contributed by atoms with E-state index in [9.17, 15) is 4.79 Å². The third-order valence-electron chi connectivity index (χ3n) is 3.94. The fraction of sp³-hybridized carbons (Fsp3) is 0.438. The van der Waals surface area contributed by atoms with Gasteiger partial charge in [0.1, 0.15) is 5.52 Å². The Kier molecular flexibility index (Phi) is 4.39. The van der Waals surface area contributed by atoms with Crippen LogP contribution in [0.15, 0.2) is 30.6 Å². The first-order chi connectivity index (χ1) is 10.3.